The topological polar surface area (TPSA) is 52.8 Å². The first-order valence-electron chi connectivity index (χ1n) is 12.0. The van der Waals surface area contributed by atoms with Crippen LogP contribution in [-0.4, -0.2) is 35.4 Å². The van der Waals surface area contributed by atoms with Crippen LogP contribution in [0.5, 0.6) is 5.75 Å². The van der Waals surface area contributed by atoms with Gasteiger partial charge in [-0.25, -0.2) is 4.79 Å². The van der Waals surface area contributed by atoms with Crippen molar-refractivity contribution in [2.24, 2.45) is 5.16 Å². The first-order valence-corrected chi connectivity index (χ1v) is 14.9. The average Bonchev–Trinajstić information content (AvgIpc) is 3.14. The molecule has 0 atom stereocenters. The molecule has 0 N–H and O–H groups in total. The number of hydrogen-bond acceptors (Lipinski definition) is 6. The monoisotopic (exact) mass is 576 g/mol. The van der Waals surface area contributed by atoms with Crippen LogP contribution in [0, 0.1) is 0 Å². The van der Waals surface area contributed by atoms with Gasteiger partial charge in [0.05, 0.1) is 15.7 Å². The molecular formula is C27H33BrN2O3S2. The fourth-order valence-corrected chi connectivity index (χ4v) is 7.87. The number of benzene rings is 2. The van der Waals surface area contributed by atoms with Gasteiger partial charge in [-0.15, -0.1) is 23.5 Å². The molecule has 1 heterocycles. The Labute approximate surface area is 225 Å². The maximum atomic E-state index is 12.1. The van der Waals surface area contributed by atoms with Gasteiger partial charge in [-0.05, 0) is 52.4 Å². The molecule has 0 spiro atoms. The zero-order chi connectivity index (χ0) is 25.0. The third kappa shape index (κ3) is 7.54. The number of oxime groups is 1. The van der Waals surface area contributed by atoms with Crippen LogP contribution in [0.1, 0.15) is 55.2 Å². The van der Waals surface area contributed by atoms with Gasteiger partial charge in [-0.1, -0.05) is 68.2 Å². The van der Waals surface area contributed by atoms with E-state index in [2.05, 4.69) is 68.6 Å². The van der Waals surface area contributed by atoms with E-state index in [9.17, 15) is 4.79 Å². The summed E-state index contributed by atoms with van der Waals surface area (Å²) >= 11 is 8.05. The second-order valence-electron chi connectivity index (χ2n) is 8.03. The smallest absolute Gasteiger partial charge is 0.358 e. The highest BCUT2D eigenvalue weighted by Gasteiger charge is 2.24. The molecule has 5 nitrogen and oxygen atoms in total. The number of esters is 1. The van der Waals surface area contributed by atoms with Crippen LogP contribution in [0.3, 0.4) is 0 Å². The highest BCUT2D eigenvalue weighted by Crippen LogP contribution is 2.47. The molecule has 0 radical (unpaired) electrons. The minimum Gasteiger partial charge on any atom is -0.422 e. The van der Waals surface area contributed by atoms with E-state index in [4.69, 9.17) is 4.74 Å². The van der Waals surface area contributed by atoms with E-state index < -0.39 is 5.97 Å². The maximum absolute atomic E-state index is 12.1. The van der Waals surface area contributed by atoms with Gasteiger partial charge in [0.25, 0.3) is 0 Å². The summed E-state index contributed by atoms with van der Waals surface area (Å²) in [5.41, 5.74) is 3.41. The van der Waals surface area contributed by atoms with Gasteiger partial charge in [-0.3, -0.25) is 0 Å². The van der Waals surface area contributed by atoms with Crippen LogP contribution < -0.4 is 4.74 Å². The first-order chi connectivity index (χ1) is 17.1. The normalized spacial score (nSPS) is 11.6. The van der Waals surface area contributed by atoms with E-state index in [1.165, 1.54) is 43.7 Å². The Hall–Kier alpha value is -1.90. The molecule has 35 heavy (non-hydrogen) atoms. The van der Waals surface area contributed by atoms with Crippen molar-refractivity contribution in [3.63, 3.8) is 0 Å². The minimum absolute atomic E-state index is 0.354. The Kier molecular flexibility index (Phi) is 11.6. The Morgan fingerprint density at radius 1 is 1.06 bits per heavy atom. The van der Waals surface area contributed by atoms with Crippen molar-refractivity contribution in [3.05, 3.63) is 64.3 Å². The second kappa shape index (κ2) is 14.6. The maximum Gasteiger partial charge on any atom is 0.358 e. The van der Waals surface area contributed by atoms with E-state index in [0.29, 0.717) is 16.9 Å². The fraction of sp³-hybridized carbons (Fsp3) is 0.407. The third-order valence-electron chi connectivity index (χ3n) is 5.49. The number of ether oxygens (including phenoxy) is 1. The molecule has 8 heteroatoms. The number of halogens is 1. The Balaban J connectivity index is 1.98. The number of rotatable bonds is 14. The molecule has 0 fully saturated rings. The van der Waals surface area contributed by atoms with Crippen LogP contribution in [0.15, 0.2) is 58.3 Å². The van der Waals surface area contributed by atoms with Crippen LogP contribution in [0.4, 0.5) is 0 Å². The van der Waals surface area contributed by atoms with E-state index in [1.54, 1.807) is 6.07 Å². The molecule has 0 saturated heterocycles. The van der Waals surface area contributed by atoms with Crippen molar-refractivity contribution in [2.45, 2.75) is 50.7 Å². The molecule has 0 unspecified atom stereocenters. The van der Waals surface area contributed by atoms with Gasteiger partial charge in [0, 0.05) is 22.0 Å². The van der Waals surface area contributed by atoms with Crippen molar-refractivity contribution < 1.29 is 14.4 Å². The predicted molar refractivity (Wildman–Crippen MR) is 154 cm³/mol. The van der Waals surface area contributed by atoms with E-state index in [1.807, 2.05) is 41.7 Å². The Bertz CT molecular complexity index is 1120. The van der Waals surface area contributed by atoms with Gasteiger partial charge >= 0.3 is 5.97 Å². The molecule has 188 valence electrons. The number of carbonyl (C=O) groups excluding carboxylic acids is 1. The van der Waals surface area contributed by atoms with Crippen molar-refractivity contribution in [1.29, 1.82) is 0 Å². The van der Waals surface area contributed by atoms with Gasteiger partial charge in [0.2, 0.25) is 0 Å². The van der Waals surface area contributed by atoms with Crippen LogP contribution in [-0.2, 0) is 16.2 Å². The van der Waals surface area contributed by atoms with Gasteiger partial charge in [-0.2, -0.15) is 0 Å². The van der Waals surface area contributed by atoms with E-state index >= 15 is 0 Å². The summed E-state index contributed by atoms with van der Waals surface area (Å²) in [7, 11) is 1.39. The summed E-state index contributed by atoms with van der Waals surface area (Å²) in [5, 5.41) is 4.77. The lowest BCUT2D eigenvalue weighted by atomic mass is 10.2. The summed E-state index contributed by atoms with van der Waals surface area (Å²) in [6.45, 7) is 5.05. The molecule has 0 aliphatic rings. The zero-order valence-corrected chi connectivity index (χ0v) is 23.8. The molecule has 0 saturated carbocycles. The highest BCUT2D eigenvalue weighted by atomic mass is 79.9. The number of hydrogen-bond donors (Lipinski definition) is 0. The standard InChI is InChI=1S/C27H33BrN2O3S2/c1-4-6-16-34-27(35-17-7-5-2)25-21-13-9-10-14-22(21)30(26(25)28)19-20-12-8-11-15-23(20)33-24(31)18-29-32-3/h8-15,18,27H,4-7,16-17,19H2,1-3H3. The molecule has 2 aromatic carbocycles. The van der Waals surface area contributed by atoms with Crippen LogP contribution in [0.2, 0.25) is 0 Å². The summed E-state index contributed by atoms with van der Waals surface area (Å²) in [6, 6.07) is 16.2. The quantitative estimate of drug-likeness (QED) is 0.0485. The molecule has 0 bridgehead atoms. The Morgan fingerprint density at radius 2 is 1.71 bits per heavy atom. The molecule has 3 aromatic rings. The summed E-state index contributed by atoms with van der Waals surface area (Å²) in [6.07, 6.45) is 5.87. The summed E-state index contributed by atoms with van der Waals surface area (Å²) < 4.78 is 9.26. The number of nitrogens with zero attached hydrogens (tertiary/aromatic N) is 2. The van der Waals surface area contributed by atoms with E-state index in [0.717, 1.165) is 33.4 Å². The van der Waals surface area contributed by atoms with Crippen molar-refractivity contribution >= 4 is 62.5 Å². The molecule has 1 aromatic heterocycles. The Morgan fingerprint density at radius 3 is 2.40 bits per heavy atom. The van der Waals surface area contributed by atoms with Crippen molar-refractivity contribution in [2.75, 3.05) is 18.6 Å². The van der Waals surface area contributed by atoms with E-state index in [-0.39, 0.29) is 0 Å². The minimum atomic E-state index is -0.573. The number of thioether (sulfide) groups is 2. The van der Waals surface area contributed by atoms with Crippen LogP contribution >= 0.6 is 39.5 Å². The number of para-hydroxylation sites is 2. The SMILES string of the molecule is CCCCSC(SCCCC)c1c(Br)n(Cc2ccccc2OC(=O)C=NOC)c2ccccc12. The summed E-state index contributed by atoms with van der Waals surface area (Å²) in [4.78, 5) is 16.7. The van der Waals surface area contributed by atoms with Gasteiger partial charge in [0.15, 0.2) is 6.21 Å². The average molecular weight is 578 g/mol. The fourth-order valence-electron chi connectivity index (χ4n) is 3.70. The number of aromatic nitrogens is 1. The highest BCUT2D eigenvalue weighted by molar-refractivity contribution is 9.10. The third-order valence-corrected chi connectivity index (χ3v) is 9.29. The molecule has 0 aliphatic heterocycles. The lowest BCUT2D eigenvalue weighted by Gasteiger charge is -2.17. The first kappa shape index (κ1) is 27.7. The largest absolute Gasteiger partial charge is 0.422 e. The predicted octanol–water partition coefficient (Wildman–Crippen LogP) is 8.05. The van der Waals surface area contributed by atoms with Crippen molar-refractivity contribution in [1.82, 2.24) is 4.57 Å². The number of fused-ring (bicyclic) bond motifs is 1. The van der Waals surface area contributed by atoms with Crippen molar-refractivity contribution in [3.8, 4) is 5.75 Å². The summed E-state index contributed by atoms with van der Waals surface area (Å²) in [5.74, 6) is 2.23. The number of carbonyl (C=O) groups is 1. The number of unbranched alkanes of at least 4 members (excludes halogenated alkanes) is 2. The lowest BCUT2D eigenvalue weighted by Crippen LogP contribution is -2.12. The van der Waals surface area contributed by atoms with Crippen LogP contribution in [0.25, 0.3) is 10.9 Å². The molecule has 0 aliphatic carbocycles. The molecule has 3 rings (SSSR count). The zero-order valence-electron chi connectivity index (χ0n) is 20.5. The molecular weight excluding hydrogens is 544 g/mol. The van der Waals surface area contributed by atoms with Gasteiger partial charge < -0.3 is 14.1 Å². The lowest BCUT2D eigenvalue weighted by molar-refractivity contribution is -0.126. The second-order valence-corrected chi connectivity index (χ2v) is 11.5. The molecule has 0 amide bonds. The van der Waals surface area contributed by atoms with Gasteiger partial charge in [0.1, 0.15) is 12.9 Å².